The molecule has 3 heterocycles. The molecule has 8 nitrogen and oxygen atoms in total. The van der Waals surface area contributed by atoms with Crippen LogP contribution in [0.5, 0.6) is 0 Å². The van der Waals surface area contributed by atoms with Crippen LogP contribution >= 0.6 is 11.3 Å². The van der Waals surface area contributed by atoms with E-state index in [2.05, 4.69) is 30.9 Å². The third-order valence-corrected chi connectivity index (χ3v) is 3.95. The number of anilines is 2. The van der Waals surface area contributed by atoms with Crippen LogP contribution in [0.1, 0.15) is 17.5 Å². The molecule has 3 rings (SSSR count). The monoisotopic (exact) mass is 329 g/mol. The molecule has 0 unspecified atom stereocenters. The van der Waals surface area contributed by atoms with Crippen molar-refractivity contribution in [3.8, 4) is 0 Å². The standard InChI is InChI=1S/C14H15N7OS/c1-2-12-18-19-14(23-12)17-13(22)16-11-5-8-21(20-11)9-10-3-6-15-7-4-10/h3-8H,2,9H2,1H3,(H2,16,17,19,20,22). The number of rotatable bonds is 5. The van der Waals surface area contributed by atoms with E-state index >= 15 is 0 Å². The van der Waals surface area contributed by atoms with Gasteiger partial charge in [0, 0.05) is 24.7 Å². The van der Waals surface area contributed by atoms with E-state index in [1.165, 1.54) is 11.3 Å². The minimum absolute atomic E-state index is 0.391. The van der Waals surface area contributed by atoms with E-state index in [9.17, 15) is 4.79 Å². The minimum Gasteiger partial charge on any atom is -0.291 e. The molecular weight excluding hydrogens is 314 g/mol. The van der Waals surface area contributed by atoms with Crippen molar-refractivity contribution in [3.05, 3.63) is 47.4 Å². The lowest BCUT2D eigenvalue weighted by molar-refractivity contribution is 0.262. The molecule has 23 heavy (non-hydrogen) atoms. The first-order valence-electron chi connectivity index (χ1n) is 7.05. The number of carbonyl (C=O) groups excluding carboxylic acids is 1. The molecule has 2 N–H and O–H groups in total. The summed E-state index contributed by atoms with van der Waals surface area (Å²) < 4.78 is 1.74. The lowest BCUT2D eigenvalue weighted by Gasteiger charge is -2.02. The van der Waals surface area contributed by atoms with Crippen LogP contribution in [-0.2, 0) is 13.0 Å². The Labute approximate surface area is 136 Å². The lowest BCUT2D eigenvalue weighted by atomic mass is 10.3. The van der Waals surface area contributed by atoms with Gasteiger partial charge in [-0.15, -0.1) is 10.2 Å². The first-order chi connectivity index (χ1) is 11.2. The van der Waals surface area contributed by atoms with Gasteiger partial charge in [-0.3, -0.25) is 20.3 Å². The first kappa shape index (κ1) is 15.1. The van der Waals surface area contributed by atoms with Crippen molar-refractivity contribution in [1.29, 1.82) is 0 Å². The molecule has 0 aliphatic rings. The van der Waals surface area contributed by atoms with Crippen LogP contribution in [0, 0.1) is 0 Å². The number of hydrogen-bond donors (Lipinski definition) is 2. The number of carbonyl (C=O) groups is 1. The summed E-state index contributed by atoms with van der Waals surface area (Å²) in [6.45, 7) is 2.60. The Morgan fingerprint density at radius 1 is 1.22 bits per heavy atom. The molecule has 0 aliphatic carbocycles. The molecule has 0 radical (unpaired) electrons. The highest BCUT2D eigenvalue weighted by molar-refractivity contribution is 7.15. The first-order valence-corrected chi connectivity index (χ1v) is 7.87. The Morgan fingerprint density at radius 3 is 2.78 bits per heavy atom. The number of urea groups is 1. The van der Waals surface area contributed by atoms with Gasteiger partial charge < -0.3 is 0 Å². The van der Waals surface area contributed by atoms with E-state index in [1.54, 1.807) is 29.3 Å². The molecule has 0 fully saturated rings. The quantitative estimate of drug-likeness (QED) is 0.749. The van der Waals surface area contributed by atoms with E-state index < -0.39 is 6.03 Å². The van der Waals surface area contributed by atoms with Crippen molar-refractivity contribution in [1.82, 2.24) is 25.0 Å². The number of aromatic nitrogens is 5. The summed E-state index contributed by atoms with van der Waals surface area (Å²) in [5.74, 6) is 0.469. The Hall–Kier alpha value is -2.81. The van der Waals surface area contributed by atoms with Crippen LogP contribution in [0.4, 0.5) is 15.7 Å². The van der Waals surface area contributed by atoms with Crippen molar-refractivity contribution in [3.63, 3.8) is 0 Å². The number of hydrogen-bond acceptors (Lipinski definition) is 6. The Balaban J connectivity index is 1.57. The lowest BCUT2D eigenvalue weighted by Crippen LogP contribution is -2.19. The minimum atomic E-state index is -0.391. The van der Waals surface area contributed by atoms with Crippen LogP contribution in [0.15, 0.2) is 36.8 Å². The maximum absolute atomic E-state index is 11.9. The molecule has 0 spiro atoms. The van der Waals surface area contributed by atoms with Gasteiger partial charge in [0.2, 0.25) is 5.13 Å². The summed E-state index contributed by atoms with van der Waals surface area (Å²) in [5, 5.41) is 18.8. The predicted molar refractivity (Wildman–Crippen MR) is 87.5 cm³/mol. The average Bonchev–Trinajstić information content (AvgIpc) is 3.18. The average molecular weight is 329 g/mol. The molecule has 0 bridgehead atoms. The smallest absolute Gasteiger partial charge is 0.291 e. The fraction of sp³-hybridized carbons (Fsp3) is 0.214. The zero-order valence-corrected chi connectivity index (χ0v) is 13.2. The Morgan fingerprint density at radius 2 is 2.04 bits per heavy atom. The molecule has 3 aromatic rings. The van der Waals surface area contributed by atoms with Crippen molar-refractivity contribution >= 4 is 28.3 Å². The highest BCUT2D eigenvalue weighted by Gasteiger charge is 2.09. The van der Waals surface area contributed by atoms with Crippen LogP contribution in [-0.4, -0.2) is 31.0 Å². The van der Waals surface area contributed by atoms with Gasteiger partial charge in [-0.2, -0.15) is 5.10 Å². The van der Waals surface area contributed by atoms with Gasteiger partial charge in [-0.1, -0.05) is 18.3 Å². The van der Waals surface area contributed by atoms with E-state index in [0.717, 1.165) is 17.0 Å². The molecule has 0 aliphatic heterocycles. The number of aryl methyl sites for hydroxylation is 1. The Bertz CT molecular complexity index is 783. The molecule has 118 valence electrons. The Kier molecular flexibility index (Phi) is 4.57. The molecule has 3 aromatic heterocycles. The van der Waals surface area contributed by atoms with Gasteiger partial charge in [-0.25, -0.2) is 4.79 Å². The fourth-order valence-corrected chi connectivity index (χ4v) is 2.56. The summed E-state index contributed by atoms with van der Waals surface area (Å²) in [6.07, 6.45) is 6.06. The number of nitrogens with zero attached hydrogens (tertiary/aromatic N) is 5. The summed E-state index contributed by atoms with van der Waals surface area (Å²) in [5.41, 5.74) is 1.08. The molecule has 9 heteroatoms. The molecule has 2 amide bonds. The molecule has 0 saturated carbocycles. The molecule has 0 saturated heterocycles. The largest absolute Gasteiger partial charge is 0.326 e. The van der Waals surface area contributed by atoms with E-state index in [0.29, 0.717) is 17.5 Å². The van der Waals surface area contributed by atoms with E-state index in [4.69, 9.17) is 0 Å². The van der Waals surface area contributed by atoms with E-state index in [-0.39, 0.29) is 0 Å². The zero-order valence-electron chi connectivity index (χ0n) is 12.4. The molecular formula is C14H15N7OS. The van der Waals surface area contributed by atoms with Crippen molar-refractivity contribution in [2.24, 2.45) is 0 Å². The highest BCUT2D eigenvalue weighted by atomic mass is 32.1. The number of amides is 2. The maximum Gasteiger partial charge on any atom is 0.326 e. The third kappa shape index (κ3) is 4.10. The van der Waals surface area contributed by atoms with Crippen molar-refractivity contribution in [2.45, 2.75) is 19.9 Å². The van der Waals surface area contributed by atoms with Gasteiger partial charge >= 0.3 is 6.03 Å². The van der Waals surface area contributed by atoms with Gasteiger partial charge in [0.1, 0.15) is 5.01 Å². The second kappa shape index (κ2) is 6.97. The van der Waals surface area contributed by atoms with Crippen molar-refractivity contribution in [2.75, 3.05) is 10.6 Å². The van der Waals surface area contributed by atoms with Crippen LogP contribution in [0.3, 0.4) is 0 Å². The van der Waals surface area contributed by atoms with Crippen LogP contribution in [0.25, 0.3) is 0 Å². The maximum atomic E-state index is 11.9. The topological polar surface area (TPSA) is 97.6 Å². The summed E-state index contributed by atoms with van der Waals surface area (Å²) in [7, 11) is 0. The van der Waals surface area contributed by atoms with Gasteiger partial charge in [-0.05, 0) is 24.1 Å². The summed E-state index contributed by atoms with van der Waals surface area (Å²) in [4.78, 5) is 15.9. The second-order valence-electron chi connectivity index (χ2n) is 4.69. The number of pyridine rings is 1. The number of nitrogens with one attached hydrogen (secondary N) is 2. The van der Waals surface area contributed by atoms with Gasteiger partial charge in [0.25, 0.3) is 0 Å². The molecule has 0 atom stereocenters. The highest BCUT2D eigenvalue weighted by Crippen LogP contribution is 2.15. The predicted octanol–water partition coefficient (Wildman–Crippen LogP) is 2.38. The van der Waals surface area contributed by atoms with Gasteiger partial charge in [0.15, 0.2) is 5.82 Å². The summed E-state index contributed by atoms with van der Waals surface area (Å²) in [6, 6.07) is 5.18. The van der Waals surface area contributed by atoms with Crippen LogP contribution in [0.2, 0.25) is 0 Å². The fourth-order valence-electron chi connectivity index (χ4n) is 1.88. The SMILES string of the molecule is CCc1nnc(NC(=O)Nc2ccn(Cc3ccncc3)n2)s1. The zero-order chi connectivity index (χ0) is 16.1. The van der Waals surface area contributed by atoms with Gasteiger partial charge in [0.05, 0.1) is 6.54 Å². The molecule has 0 aromatic carbocycles. The van der Waals surface area contributed by atoms with Crippen LogP contribution < -0.4 is 10.6 Å². The normalized spacial score (nSPS) is 10.5. The van der Waals surface area contributed by atoms with Crippen molar-refractivity contribution < 1.29 is 4.79 Å². The summed E-state index contributed by atoms with van der Waals surface area (Å²) >= 11 is 1.35. The second-order valence-corrected chi connectivity index (χ2v) is 5.75. The third-order valence-electron chi connectivity index (χ3n) is 2.97. The van der Waals surface area contributed by atoms with E-state index in [1.807, 2.05) is 19.1 Å².